The summed E-state index contributed by atoms with van der Waals surface area (Å²) in [5.41, 5.74) is 6.43. The molecule has 0 fully saturated rings. The van der Waals surface area contributed by atoms with Gasteiger partial charge in [-0.05, 0) is 24.3 Å². The minimum Gasteiger partial charge on any atom is -0.368 e. The molecule has 0 saturated carbocycles. The number of amides is 1. The summed E-state index contributed by atoms with van der Waals surface area (Å²) in [6.07, 6.45) is 1.54. The molecule has 1 heterocycles. The quantitative estimate of drug-likeness (QED) is 0.907. The van der Waals surface area contributed by atoms with Crippen LogP contribution in [0.2, 0.25) is 5.02 Å². The van der Waals surface area contributed by atoms with Gasteiger partial charge in [0, 0.05) is 11.8 Å². The van der Waals surface area contributed by atoms with Crippen molar-refractivity contribution < 1.29 is 9.18 Å². The minimum absolute atomic E-state index is 0.0225. The summed E-state index contributed by atoms with van der Waals surface area (Å²) in [6, 6.07) is 6.01. The second-order valence-corrected chi connectivity index (χ2v) is 3.88. The molecular formula is C11H9ClFN3O. The number of hydrogen-bond donors (Lipinski definition) is 1. The maximum absolute atomic E-state index is 13.0. The summed E-state index contributed by atoms with van der Waals surface area (Å²) < 4.78 is 14.5. The predicted molar refractivity (Wildman–Crippen MR) is 61.8 cm³/mol. The second kappa shape index (κ2) is 4.55. The van der Waals surface area contributed by atoms with Crippen molar-refractivity contribution in [2.24, 2.45) is 5.73 Å². The van der Waals surface area contributed by atoms with Crippen LogP contribution in [0.1, 0.15) is 0 Å². The number of aromatic nitrogens is 2. The minimum atomic E-state index is -0.497. The molecule has 2 rings (SSSR count). The predicted octanol–water partition coefficient (Wildman–Crippen LogP) is 1.83. The third-order valence-corrected chi connectivity index (χ3v) is 2.53. The lowest BCUT2D eigenvalue weighted by molar-refractivity contribution is -0.118. The molecule has 0 aliphatic rings. The Hall–Kier alpha value is -1.88. The summed E-state index contributed by atoms with van der Waals surface area (Å²) in [4.78, 5) is 10.8. The maximum Gasteiger partial charge on any atom is 0.239 e. The van der Waals surface area contributed by atoms with Crippen molar-refractivity contribution in [3.05, 3.63) is 41.3 Å². The van der Waals surface area contributed by atoms with E-state index in [2.05, 4.69) is 5.10 Å². The lowest BCUT2D eigenvalue weighted by Gasteiger charge is -2.06. The SMILES string of the molecule is NC(=O)Cn1nccc1-c1ccc(F)c(Cl)c1. The van der Waals surface area contributed by atoms with Gasteiger partial charge < -0.3 is 5.73 Å². The monoisotopic (exact) mass is 253 g/mol. The van der Waals surface area contributed by atoms with Crippen LogP contribution in [-0.2, 0) is 11.3 Å². The number of halogens is 2. The first kappa shape index (κ1) is 11.6. The highest BCUT2D eigenvalue weighted by atomic mass is 35.5. The topological polar surface area (TPSA) is 60.9 Å². The van der Waals surface area contributed by atoms with Crippen LogP contribution in [0.5, 0.6) is 0 Å². The van der Waals surface area contributed by atoms with Crippen molar-refractivity contribution in [3.8, 4) is 11.3 Å². The zero-order valence-electron chi connectivity index (χ0n) is 8.73. The summed E-state index contributed by atoms with van der Waals surface area (Å²) in [5.74, 6) is -0.987. The number of carbonyl (C=O) groups is 1. The summed E-state index contributed by atoms with van der Waals surface area (Å²) in [5, 5.41) is 3.99. The molecule has 0 radical (unpaired) electrons. The molecule has 1 amide bonds. The van der Waals surface area contributed by atoms with Crippen LogP contribution < -0.4 is 5.73 Å². The summed E-state index contributed by atoms with van der Waals surface area (Å²) >= 11 is 5.69. The average Bonchev–Trinajstić information content (AvgIpc) is 2.69. The van der Waals surface area contributed by atoms with Crippen LogP contribution in [0.15, 0.2) is 30.5 Å². The number of hydrogen-bond acceptors (Lipinski definition) is 2. The normalized spacial score (nSPS) is 10.5. The third-order valence-electron chi connectivity index (χ3n) is 2.24. The number of carbonyl (C=O) groups excluding carboxylic acids is 1. The van der Waals surface area contributed by atoms with Crippen molar-refractivity contribution in [1.82, 2.24) is 9.78 Å². The van der Waals surface area contributed by atoms with Gasteiger partial charge in [0.2, 0.25) is 5.91 Å². The van der Waals surface area contributed by atoms with E-state index in [9.17, 15) is 9.18 Å². The van der Waals surface area contributed by atoms with Crippen LogP contribution in [0, 0.1) is 5.82 Å². The Labute approximate surface area is 102 Å². The number of benzene rings is 1. The van der Waals surface area contributed by atoms with Crippen molar-refractivity contribution in [3.63, 3.8) is 0 Å². The van der Waals surface area contributed by atoms with E-state index in [0.29, 0.717) is 11.3 Å². The van der Waals surface area contributed by atoms with Crippen molar-refractivity contribution in [1.29, 1.82) is 0 Å². The molecule has 2 N–H and O–H groups in total. The van der Waals surface area contributed by atoms with E-state index >= 15 is 0 Å². The molecule has 6 heteroatoms. The van der Waals surface area contributed by atoms with E-state index in [1.165, 1.54) is 23.0 Å². The van der Waals surface area contributed by atoms with Gasteiger partial charge in [0.05, 0.1) is 10.7 Å². The Morgan fingerprint density at radius 2 is 2.24 bits per heavy atom. The van der Waals surface area contributed by atoms with E-state index in [4.69, 9.17) is 17.3 Å². The standard InChI is InChI=1S/C11H9ClFN3O/c12-8-5-7(1-2-9(8)13)10-3-4-15-16(10)6-11(14)17/h1-5H,6H2,(H2,14,17). The zero-order valence-corrected chi connectivity index (χ0v) is 9.49. The van der Waals surface area contributed by atoms with Crippen molar-refractivity contribution in [2.45, 2.75) is 6.54 Å². The number of rotatable bonds is 3. The fraction of sp³-hybridized carbons (Fsp3) is 0.0909. The van der Waals surface area contributed by atoms with Crippen LogP contribution in [0.3, 0.4) is 0 Å². The van der Waals surface area contributed by atoms with Crippen LogP contribution >= 0.6 is 11.6 Å². The van der Waals surface area contributed by atoms with E-state index in [1.54, 1.807) is 12.1 Å². The first-order valence-electron chi connectivity index (χ1n) is 4.83. The molecule has 0 aliphatic carbocycles. The number of nitrogens with zero attached hydrogens (tertiary/aromatic N) is 2. The lowest BCUT2D eigenvalue weighted by atomic mass is 10.1. The van der Waals surface area contributed by atoms with E-state index < -0.39 is 11.7 Å². The highest BCUT2D eigenvalue weighted by Gasteiger charge is 2.09. The fourth-order valence-corrected chi connectivity index (χ4v) is 1.69. The molecule has 4 nitrogen and oxygen atoms in total. The van der Waals surface area contributed by atoms with Crippen molar-refractivity contribution in [2.75, 3.05) is 0 Å². The van der Waals surface area contributed by atoms with Gasteiger partial charge in [-0.2, -0.15) is 5.10 Å². The van der Waals surface area contributed by atoms with Gasteiger partial charge in [-0.15, -0.1) is 0 Å². The van der Waals surface area contributed by atoms with Gasteiger partial charge >= 0.3 is 0 Å². The van der Waals surface area contributed by atoms with E-state index in [-0.39, 0.29) is 11.6 Å². The number of nitrogens with two attached hydrogens (primary N) is 1. The van der Waals surface area contributed by atoms with Gasteiger partial charge in [0.1, 0.15) is 12.4 Å². The maximum atomic E-state index is 13.0. The molecule has 1 aromatic carbocycles. The molecule has 1 aromatic heterocycles. The molecule has 17 heavy (non-hydrogen) atoms. The van der Waals surface area contributed by atoms with Crippen LogP contribution in [0.4, 0.5) is 4.39 Å². The molecule has 88 valence electrons. The average molecular weight is 254 g/mol. The zero-order chi connectivity index (χ0) is 12.4. The van der Waals surface area contributed by atoms with Gasteiger partial charge in [-0.25, -0.2) is 4.39 Å². The molecule has 0 spiro atoms. The largest absolute Gasteiger partial charge is 0.368 e. The first-order chi connectivity index (χ1) is 8.08. The Bertz CT molecular complexity index is 568. The molecule has 2 aromatic rings. The first-order valence-corrected chi connectivity index (χ1v) is 5.21. The Balaban J connectivity index is 2.42. The van der Waals surface area contributed by atoms with Gasteiger partial charge in [-0.1, -0.05) is 11.6 Å². The fourth-order valence-electron chi connectivity index (χ4n) is 1.51. The Kier molecular flexibility index (Phi) is 3.10. The van der Waals surface area contributed by atoms with Gasteiger partial charge in [0.25, 0.3) is 0 Å². The van der Waals surface area contributed by atoms with E-state index in [0.717, 1.165) is 0 Å². The van der Waals surface area contributed by atoms with Gasteiger partial charge in [-0.3, -0.25) is 9.48 Å². The van der Waals surface area contributed by atoms with Gasteiger partial charge in [0.15, 0.2) is 0 Å². The molecule has 0 unspecified atom stereocenters. The summed E-state index contributed by atoms with van der Waals surface area (Å²) in [6.45, 7) is -0.0304. The molecule has 0 aliphatic heterocycles. The number of primary amides is 1. The third kappa shape index (κ3) is 2.45. The Morgan fingerprint density at radius 1 is 1.47 bits per heavy atom. The molecular weight excluding hydrogens is 245 g/mol. The van der Waals surface area contributed by atoms with Crippen LogP contribution in [0.25, 0.3) is 11.3 Å². The smallest absolute Gasteiger partial charge is 0.239 e. The highest BCUT2D eigenvalue weighted by Crippen LogP contribution is 2.24. The molecule has 0 atom stereocenters. The second-order valence-electron chi connectivity index (χ2n) is 3.47. The van der Waals surface area contributed by atoms with E-state index in [1.807, 2.05) is 0 Å². The molecule has 0 saturated heterocycles. The molecule has 0 bridgehead atoms. The highest BCUT2D eigenvalue weighted by molar-refractivity contribution is 6.31. The van der Waals surface area contributed by atoms with Crippen LogP contribution in [-0.4, -0.2) is 15.7 Å². The Morgan fingerprint density at radius 3 is 2.88 bits per heavy atom. The summed E-state index contributed by atoms with van der Waals surface area (Å²) in [7, 11) is 0. The lowest BCUT2D eigenvalue weighted by Crippen LogP contribution is -2.19. The van der Waals surface area contributed by atoms with Crippen molar-refractivity contribution >= 4 is 17.5 Å².